The fourth-order valence-electron chi connectivity index (χ4n) is 11.5. The molecule has 3 aliphatic heterocycles. The van der Waals surface area contributed by atoms with Gasteiger partial charge in [-0.1, -0.05) is 146 Å². The second kappa shape index (κ2) is 13.8. The average Bonchev–Trinajstić information content (AvgIpc) is 1.11. The van der Waals surface area contributed by atoms with E-state index in [-0.39, 0.29) is 68.2 Å². The fraction of sp³-hybridized carbons (Fsp3) is 0.250. The van der Waals surface area contributed by atoms with E-state index in [1.807, 2.05) is 55.4 Å². The van der Waals surface area contributed by atoms with Gasteiger partial charge in [0.05, 0.1) is 70.8 Å². The van der Waals surface area contributed by atoms with Crippen molar-refractivity contribution < 1.29 is 37.0 Å². The van der Waals surface area contributed by atoms with E-state index in [0.29, 0.717) is 52.8 Å². The smallest absolute Gasteiger partial charge is 0.252 e. The van der Waals surface area contributed by atoms with Crippen LogP contribution >= 0.6 is 0 Å². The lowest BCUT2D eigenvalue weighted by Crippen LogP contribution is -2.62. The number of para-hydroxylation sites is 5. The Bertz CT molecular complexity index is 5140. The molecule has 0 bridgehead atoms. The molecule has 5 heteroatoms. The lowest BCUT2D eigenvalue weighted by Gasteiger charge is -2.49. The van der Waals surface area contributed by atoms with Crippen LogP contribution < -0.4 is 31.1 Å². The van der Waals surface area contributed by atoms with Gasteiger partial charge in [0.2, 0.25) is 0 Å². The Morgan fingerprint density at radius 2 is 0.986 bits per heavy atom. The standard InChI is InChI=1S/C64H59BN4/c1-61(2)31-32-62(3,4)47-35-42(29-30-46(47)61)67-55-39-49-48(63(5,6)33-34-64(49,7)8)38-51(55)65-50-25-18-28-54-60(50)69(53-27-17-24-45-44-23-15-16-26-52(44)68(54)59(45)53)57-37-43(36-56(67)58(57)65)66(40-19-11-9-12-20-40)41-21-13-10-14-22-41/h9-30,35-39H,31-34H2,1-8H3/i9D,10D,11D,12D,13D,14D,15D,16D,17D,18D,19D,20D,21D,22D,23D,24D,25D,26D,27D,28D,29D,30D,35D,36D,37D,38D,39D. The largest absolute Gasteiger partial charge is 0.311 e. The maximum atomic E-state index is 11.3. The van der Waals surface area contributed by atoms with E-state index >= 15 is 0 Å². The third-order valence-corrected chi connectivity index (χ3v) is 15.4. The number of benzene rings is 8. The van der Waals surface area contributed by atoms with Crippen LogP contribution in [0.2, 0.25) is 0 Å². The summed E-state index contributed by atoms with van der Waals surface area (Å²) in [5.74, 6) is 0. The molecule has 0 fully saturated rings. The molecule has 4 nitrogen and oxygen atoms in total. The van der Waals surface area contributed by atoms with Crippen LogP contribution in [0.3, 0.4) is 0 Å². The van der Waals surface area contributed by atoms with E-state index in [0.717, 1.165) is 9.47 Å². The average molecular weight is 922 g/mol. The quantitative estimate of drug-likeness (QED) is 0.164. The molecule has 0 atom stereocenters. The number of hydrogen-bond acceptors (Lipinski definition) is 3. The van der Waals surface area contributed by atoms with E-state index in [9.17, 15) is 26.0 Å². The van der Waals surface area contributed by atoms with Gasteiger partial charge in [-0.2, -0.15) is 0 Å². The molecule has 0 spiro atoms. The normalized spacial score (nSPS) is 23.5. The van der Waals surface area contributed by atoms with Crippen molar-refractivity contribution in [3.63, 3.8) is 0 Å². The molecular formula is C64H59BN4. The molecule has 14 rings (SSSR count). The van der Waals surface area contributed by atoms with Crippen LogP contribution in [-0.2, 0) is 21.7 Å². The second-order valence-corrected chi connectivity index (χ2v) is 21.4. The molecule has 4 heterocycles. The van der Waals surface area contributed by atoms with Gasteiger partial charge in [0.25, 0.3) is 6.71 Å². The van der Waals surface area contributed by atoms with E-state index in [1.165, 1.54) is 4.90 Å². The monoisotopic (exact) mass is 922 g/mol. The molecule has 2 aliphatic carbocycles. The van der Waals surface area contributed by atoms with Gasteiger partial charge in [-0.15, -0.1) is 0 Å². The SMILES string of the molecule is [2H]c1c([2H])c([2H])c(N(c2c([2H])c([2H])c([2H])c([2H])c2[2H])c2c([2H])c3c4c(c2[2H])N2c5c(c([2H])c([2H])c([2H])c5-n5c6c([2H])c([2H])c([2H])c([2H])c6c6c([2H])c([2H])c([2H])c2c65)B4c2c([2H])c4c(c([2H])c2N3c2c([2H])c([2H])c3c(c2[2H])C(C)(C)CCC3(C)C)C(C)(C)CCC4(C)C)c([2H])c1[2H]. The minimum atomic E-state index is -1.83. The molecule has 5 aliphatic rings. The summed E-state index contributed by atoms with van der Waals surface area (Å²) in [6, 6.07) is -22.1. The van der Waals surface area contributed by atoms with Gasteiger partial charge in [0.1, 0.15) is 0 Å². The van der Waals surface area contributed by atoms with Crippen molar-refractivity contribution in [2.45, 2.75) is 103 Å². The Labute approximate surface area is 445 Å². The molecular weight excluding hydrogens is 836 g/mol. The zero-order valence-corrected chi connectivity index (χ0v) is 39.2. The van der Waals surface area contributed by atoms with Gasteiger partial charge < -0.3 is 19.3 Å². The van der Waals surface area contributed by atoms with Crippen LogP contribution in [0, 0.1) is 0 Å². The highest BCUT2D eigenvalue weighted by atomic mass is 15.2. The molecule has 0 amide bonds. The van der Waals surface area contributed by atoms with Crippen LogP contribution in [0.25, 0.3) is 27.5 Å². The predicted octanol–water partition coefficient (Wildman–Crippen LogP) is 15.3. The summed E-state index contributed by atoms with van der Waals surface area (Å²) in [5, 5.41) is -0.748. The van der Waals surface area contributed by atoms with Gasteiger partial charge in [-0.05, 0) is 158 Å². The first-order chi connectivity index (χ1) is 44.5. The van der Waals surface area contributed by atoms with Crippen LogP contribution in [0.5, 0.6) is 0 Å². The van der Waals surface area contributed by atoms with Crippen molar-refractivity contribution in [3.05, 3.63) is 185 Å². The van der Waals surface area contributed by atoms with Gasteiger partial charge in [-0.25, -0.2) is 0 Å². The van der Waals surface area contributed by atoms with Crippen LogP contribution in [0.1, 0.15) is 140 Å². The van der Waals surface area contributed by atoms with E-state index in [4.69, 9.17) is 11.0 Å². The first kappa shape index (κ1) is 22.2. The molecule has 1 aromatic heterocycles. The molecule has 0 N–H and O–H groups in total. The van der Waals surface area contributed by atoms with Crippen molar-refractivity contribution >= 4 is 96.1 Å². The first-order valence-corrected chi connectivity index (χ1v) is 23.2. The minimum absolute atomic E-state index is 0.169. The van der Waals surface area contributed by atoms with Crippen LogP contribution in [0.15, 0.2) is 163 Å². The lowest BCUT2D eigenvalue weighted by atomic mass is 9.33. The Balaban J connectivity index is 1.34. The van der Waals surface area contributed by atoms with Crippen molar-refractivity contribution in [1.82, 2.24) is 4.57 Å². The second-order valence-electron chi connectivity index (χ2n) is 21.4. The fourth-order valence-corrected chi connectivity index (χ4v) is 11.5. The molecule has 0 saturated heterocycles. The highest BCUT2D eigenvalue weighted by Gasteiger charge is 2.49. The Morgan fingerprint density at radius 3 is 1.67 bits per heavy atom. The van der Waals surface area contributed by atoms with Crippen molar-refractivity contribution in [2.75, 3.05) is 14.7 Å². The molecule has 8 aromatic carbocycles. The number of hydrogen-bond donors (Lipinski definition) is 0. The Morgan fingerprint density at radius 1 is 0.435 bits per heavy atom. The topological polar surface area (TPSA) is 14.7 Å². The summed E-state index contributed by atoms with van der Waals surface area (Å²) in [6.45, 7) is 13.2. The molecule has 0 unspecified atom stereocenters. The highest BCUT2D eigenvalue weighted by molar-refractivity contribution is 7.00. The van der Waals surface area contributed by atoms with E-state index < -0.39 is 218 Å². The van der Waals surface area contributed by atoms with Gasteiger partial charge in [-0.3, -0.25) is 0 Å². The Hall–Kier alpha value is -6.98. The summed E-state index contributed by atoms with van der Waals surface area (Å²) < 4.78 is 266. The lowest BCUT2D eigenvalue weighted by molar-refractivity contribution is 0.332. The molecule has 69 heavy (non-hydrogen) atoms. The number of nitrogens with zero attached hydrogens (tertiary/aromatic N) is 4. The van der Waals surface area contributed by atoms with Gasteiger partial charge in [0.15, 0.2) is 0 Å². The third kappa shape index (κ3) is 5.59. The maximum absolute atomic E-state index is 11.3. The van der Waals surface area contributed by atoms with E-state index in [1.54, 1.807) is 0 Å². The Kier molecular flexibility index (Phi) is 4.45. The zero-order valence-electron chi connectivity index (χ0n) is 66.2. The molecule has 0 radical (unpaired) electrons. The molecule has 9 aromatic rings. The van der Waals surface area contributed by atoms with Gasteiger partial charge in [0, 0.05) is 44.9 Å². The van der Waals surface area contributed by atoms with Crippen LogP contribution in [-0.4, -0.2) is 11.3 Å². The summed E-state index contributed by atoms with van der Waals surface area (Å²) in [5.41, 5.74) is -10.1. The number of anilines is 9. The summed E-state index contributed by atoms with van der Waals surface area (Å²) >= 11 is 0. The highest BCUT2D eigenvalue weighted by Crippen LogP contribution is 2.56. The molecule has 0 saturated carbocycles. The minimum Gasteiger partial charge on any atom is -0.311 e. The van der Waals surface area contributed by atoms with Gasteiger partial charge >= 0.3 is 0 Å². The van der Waals surface area contributed by atoms with Crippen molar-refractivity contribution in [2.24, 2.45) is 0 Å². The summed E-state index contributed by atoms with van der Waals surface area (Å²) in [6.07, 6.45) is 1.86. The molecule has 338 valence electrons. The van der Waals surface area contributed by atoms with Crippen LogP contribution in [0.4, 0.5) is 51.2 Å². The van der Waals surface area contributed by atoms with Crippen molar-refractivity contribution in [3.8, 4) is 5.69 Å². The van der Waals surface area contributed by atoms with E-state index in [2.05, 4.69) is 0 Å². The number of fused-ring (bicyclic) bond motifs is 11. The first-order valence-electron chi connectivity index (χ1n) is 36.7. The maximum Gasteiger partial charge on any atom is 0.252 e. The number of aromatic nitrogens is 1. The number of rotatable bonds is 4. The zero-order chi connectivity index (χ0) is 70.4. The summed E-state index contributed by atoms with van der Waals surface area (Å²) in [4.78, 5) is 2.90. The third-order valence-electron chi connectivity index (χ3n) is 15.4. The predicted molar refractivity (Wildman–Crippen MR) is 294 cm³/mol. The van der Waals surface area contributed by atoms with Crippen molar-refractivity contribution in [1.29, 1.82) is 0 Å². The summed E-state index contributed by atoms with van der Waals surface area (Å²) in [7, 11) is 0.